The molecule has 0 aliphatic heterocycles. The first kappa shape index (κ1) is 46.6. The van der Waals surface area contributed by atoms with E-state index in [9.17, 15) is 0 Å². The molecule has 0 saturated heterocycles. The molecule has 0 aliphatic carbocycles. The molecule has 33 valence electrons. The average Bonchev–Trinajstić information content (AvgIpc) is 0. The fourth-order valence-corrected chi connectivity index (χ4v) is 0. The van der Waals surface area contributed by atoms with Gasteiger partial charge in [0.1, 0.15) is 0 Å². The quantitative estimate of drug-likeness (QED) is 0.389. The van der Waals surface area contributed by atoms with Gasteiger partial charge in [0.25, 0.3) is 0 Å². The maximum Gasteiger partial charge on any atom is 0.316 e. The Balaban J connectivity index is 0. The monoisotopic (exact) mass is 247 g/mol. The zero-order valence-electron chi connectivity index (χ0n) is 1.99. The third-order valence-corrected chi connectivity index (χ3v) is 0. The van der Waals surface area contributed by atoms with E-state index in [4.69, 9.17) is 0 Å². The molecule has 5 heteroatoms. The Bertz CT molecular complexity index is 11.6. The molecule has 1 radical (unpaired) electrons. The van der Waals surface area contributed by atoms with Gasteiger partial charge in [0.15, 0.2) is 0 Å². The minimum Gasteiger partial charge on any atom is -0.197 e. The van der Waals surface area contributed by atoms with Crippen molar-refractivity contribution >= 4 is 46.4 Å². The Hall–Kier alpha value is 2.75. The molecule has 5 heavy (non-hydrogen) atoms. The van der Waals surface area contributed by atoms with Crippen LogP contribution in [0.1, 0.15) is 0 Å². The summed E-state index contributed by atoms with van der Waals surface area (Å²) in [5.41, 5.74) is 0. The van der Waals surface area contributed by atoms with Crippen LogP contribution in [0.25, 0.3) is 0 Å². The van der Waals surface area contributed by atoms with E-state index in [1.54, 1.807) is 0 Å². The molecule has 0 aromatic rings. The molecule has 0 aromatic heterocycles. The summed E-state index contributed by atoms with van der Waals surface area (Å²) in [5, 5.41) is 0. The molecule has 0 heterocycles. The predicted octanol–water partition coefficient (Wildman–Crippen LogP) is -0.750. The second-order valence-corrected chi connectivity index (χ2v) is 0. The van der Waals surface area contributed by atoms with Gasteiger partial charge in [0.2, 0.25) is 0 Å². The van der Waals surface area contributed by atoms with Crippen molar-refractivity contribution in [2.75, 3.05) is 0 Å². The van der Waals surface area contributed by atoms with Crippen LogP contribution in [0.4, 0.5) is 0 Å². The fraction of sp³-hybridized carbons (Fsp3) is 0. The van der Waals surface area contributed by atoms with Crippen molar-refractivity contribution in [3.8, 4) is 0 Å². The first-order valence-corrected chi connectivity index (χ1v) is 0. The molecule has 0 saturated carbocycles. The SMILES string of the molecule is P.S.[MgH2].[Mn].[Mo]. The number of rotatable bonds is 0. The summed E-state index contributed by atoms with van der Waals surface area (Å²) in [6.07, 6.45) is 0. The molecule has 0 nitrogen and oxygen atoms in total. The van der Waals surface area contributed by atoms with Gasteiger partial charge in [-0.05, 0) is 0 Å². The molecular formula is H7MgMnMoPS. The van der Waals surface area contributed by atoms with Gasteiger partial charge in [0, 0.05) is 38.1 Å². The van der Waals surface area contributed by atoms with Crippen LogP contribution in [0.2, 0.25) is 0 Å². The van der Waals surface area contributed by atoms with E-state index >= 15 is 0 Å². The van der Waals surface area contributed by atoms with Crippen molar-refractivity contribution in [1.29, 1.82) is 0 Å². The molecule has 0 bridgehead atoms. The topological polar surface area (TPSA) is 0 Å². The summed E-state index contributed by atoms with van der Waals surface area (Å²) in [5.74, 6) is 0. The molecule has 0 rings (SSSR count). The zero-order chi connectivity index (χ0) is 0. The van der Waals surface area contributed by atoms with Gasteiger partial charge in [-0.1, -0.05) is 0 Å². The predicted molar refractivity (Wildman–Crippen MR) is 30.0 cm³/mol. The summed E-state index contributed by atoms with van der Waals surface area (Å²) < 4.78 is 0. The number of hydrogen-bond donors (Lipinski definition) is 0. The van der Waals surface area contributed by atoms with Crippen LogP contribution in [0.15, 0.2) is 0 Å². The maximum absolute atomic E-state index is 0. The molecule has 0 aliphatic rings. The second-order valence-electron chi connectivity index (χ2n) is 0. The molecule has 0 amide bonds. The summed E-state index contributed by atoms with van der Waals surface area (Å²) in [6, 6.07) is 0. The van der Waals surface area contributed by atoms with Crippen molar-refractivity contribution in [3.05, 3.63) is 0 Å². The van der Waals surface area contributed by atoms with Crippen molar-refractivity contribution in [2.24, 2.45) is 0 Å². The van der Waals surface area contributed by atoms with Gasteiger partial charge in [-0.25, -0.2) is 0 Å². The molecule has 0 fully saturated rings. The Morgan fingerprint density at radius 2 is 1.00 bits per heavy atom. The Morgan fingerprint density at radius 3 is 1.00 bits per heavy atom. The molecule has 0 spiro atoms. The zero-order valence-corrected chi connectivity index (χ0v) is 7.59. The third-order valence-electron chi connectivity index (χ3n) is 0. The van der Waals surface area contributed by atoms with Crippen LogP contribution in [-0.2, 0) is 38.1 Å². The summed E-state index contributed by atoms with van der Waals surface area (Å²) in [4.78, 5) is 0. The standard InChI is InChI=1S/Mg.Mn.Mo.H3P.H2S.2H/h;;;1H3;1H2;;. The van der Waals surface area contributed by atoms with Crippen LogP contribution in [0.5, 0.6) is 0 Å². The van der Waals surface area contributed by atoms with E-state index in [2.05, 4.69) is 0 Å². The fourth-order valence-electron chi connectivity index (χ4n) is 0. The van der Waals surface area contributed by atoms with E-state index in [1.807, 2.05) is 0 Å². The molecule has 0 aromatic carbocycles. The number of hydrogen-bond acceptors (Lipinski definition) is 0. The first-order chi connectivity index (χ1) is 0. The Morgan fingerprint density at radius 1 is 1.00 bits per heavy atom. The van der Waals surface area contributed by atoms with Gasteiger partial charge in [-0.15, -0.1) is 0 Å². The van der Waals surface area contributed by atoms with Crippen LogP contribution in [0.3, 0.4) is 0 Å². The second kappa shape index (κ2) is 29.5. The van der Waals surface area contributed by atoms with Crippen molar-refractivity contribution in [2.45, 2.75) is 0 Å². The Kier molecular flexibility index (Phi) is 275. The van der Waals surface area contributed by atoms with Crippen LogP contribution in [-0.4, -0.2) is 23.1 Å². The van der Waals surface area contributed by atoms with Gasteiger partial charge >= 0.3 is 23.1 Å². The minimum absolute atomic E-state index is 0. The van der Waals surface area contributed by atoms with Crippen LogP contribution in [0, 0.1) is 0 Å². The van der Waals surface area contributed by atoms with E-state index in [0.29, 0.717) is 0 Å². The first-order valence-electron chi connectivity index (χ1n) is 0. The summed E-state index contributed by atoms with van der Waals surface area (Å²) in [6.45, 7) is 0. The smallest absolute Gasteiger partial charge is 0.197 e. The van der Waals surface area contributed by atoms with Crippen molar-refractivity contribution in [3.63, 3.8) is 0 Å². The normalized spacial score (nSPS) is 0. The van der Waals surface area contributed by atoms with E-state index in [1.165, 1.54) is 0 Å². The summed E-state index contributed by atoms with van der Waals surface area (Å²) in [7, 11) is 0. The average molecular weight is 245 g/mol. The van der Waals surface area contributed by atoms with Crippen molar-refractivity contribution in [1.82, 2.24) is 0 Å². The maximum atomic E-state index is 0. The molecule has 1 unspecified atom stereocenters. The molecule has 0 N–H and O–H groups in total. The van der Waals surface area contributed by atoms with E-state index < -0.39 is 0 Å². The van der Waals surface area contributed by atoms with Crippen molar-refractivity contribution < 1.29 is 38.1 Å². The van der Waals surface area contributed by atoms with E-state index in [-0.39, 0.29) is 84.6 Å². The third kappa shape index (κ3) is 20.1. The largest absolute Gasteiger partial charge is 0.316 e. The van der Waals surface area contributed by atoms with Crippen LogP contribution >= 0.6 is 23.4 Å². The van der Waals surface area contributed by atoms with E-state index in [0.717, 1.165) is 0 Å². The molecule has 1 atom stereocenters. The van der Waals surface area contributed by atoms with Gasteiger partial charge in [0.05, 0.1) is 0 Å². The van der Waals surface area contributed by atoms with Crippen LogP contribution < -0.4 is 0 Å². The van der Waals surface area contributed by atoms with Gasteiger partial charge in [-0.3, -0.25) is 0 Å². The van der Waals surface area contributed by atoms with Gasteiger partial charge < -0.3 is 0 Å². The molecular weight excluding hydrogens is 238 g/mol. The minimum atomic E-state index is 0. The van der Waals surface area contributed by atoms with Gasteiger partial charge in [-0.2, -0.15) is 23.4 Å². The Labute approximate surface area is 83.6 Å². The summed E-state index contributed by atoms with van der Waals surface area (Å²) >= 11 is 0.